The topological polar surface area (TPSA) is 87.3 Å². The molecule has 6 heteroatoms. The fourth-order valence-corrected chi connectivity index (χ4v) is 1.60. The number of hydrogen-bond acceptors (Lipinski definition) is 3. The monoisotopic (exact) mass is 277 g/mol. The van der Waals surface area contributed by atoms with Gasteiger partial charge in [0.2, 0.25) is 11.8 Å². The smallest absolute Gasteiger partial charge is 0.251 e. The van der Waals surface area contributed by atoms with Crippen LogP contribution in [0.15, 0.2) is 24.3 Å². The van der Waals surface area contributed by atoms with E-state index in [1.54, 1.807) is 24.3 Å². The Balaban J connectivity index is 2.43. The van der Waals surface area contributed by atoms with E-state index in [1.165, 1.54) is 13.8 Å². The minimum atomic E-state index is -0.208. The fraction of sp³-hybridized carbons (Fsp3) is 0.357. The molecule has 3 amide bonds. The van der Waals surface area contributed by atoms with Crippen molar-refractivity contribution < 1.29 is 14.4 Å². The van der Waals surface area contributed by atoms with Crippen LogP contribution in [-0.2, 0) is 9.59 Å². The van der Waals surface area contributed by atoms with Gasteiger partial charge in [0.1, 0.15) is 0 Å². The SMILES string of the molecule is CC(=O)NCCCNC(=O)c1cccc(NC(C)=O)c1. The van der Waals surface area contributed by atoms with Gasteiger partial charge in [0.05, 0.1) is 0 Å². The highest BCUT2D eigenvalue weighted by Gasteiger charge is 2.06. The van der Waals surface area contributed by atoms with Crippen LogP contribution in [-0.4, -0.2) is 30.8 Å². The summed E-state index contributed by atoms with van der Waals surface area (Å²) in [6, 6.07) is 6.71. The van der Waals surface area contributed by atoms with E-state index in [-0.39, 0.29) is 17.7 Å². The van der Waals surface area contributed by atoms with Gasteiger partial charge >= 0.3 is 0 Å². The van der Waals surface area contributed by atoms with Crippen LogP contribution in [0.1, 0.15) is 30.6 Å². The Morgan fingerprint density at radius 1 is 1.00 bits per heavy atom. The molecule has 0 aromatic heterocycles. The zero-order valence-electron chi connectivity index (χ0n) is 11.7. The molecule has 0 atom stereocenters. The highest BCUT2D eigenvalue weighted by Crippen LogP contribution is 2.10. The van der Waals surface area contributed by atoms with E-state index in [2.05, 4.69) is 16.0 Å². The second kappa shape index (κ2) is 7.93. The van der Waals surface area contributed by atoms with E-state index in [1.807, 2.05) is 0 Å². The number of nitrogens with one attached hydrogen (secondary N) is 3. The van der Waals surface area contributed by atoms with E-state index in [0.717, 1.165) is 0 Å². The number of carbonyl (C=O) groups is 3. The normalized spacial score (nSPS) is 9.70. The van der Waals surface area contributed by atoms with Crippen LogP contribution in [0.5, 0.6) is 0 Å². The first-order valence-corrected chi connectivity index (χ1v) is 6.39. The highest BCUT2D eigenvalue weighted by molar-refractivity contribution is 5.96. The second-order valence-electron chi connectivity index (χ2n) is 4.35. The third-order valence-electron chi connectivity index (χ3n) is 2.46. The van der Waals surface area contributed by atoms with Crippen LogP contribution in [0.2, 0.25) is 0 Å². The summed E-state index contributed by atoms with van der Waals surface area (Å²) in [5.41, 5.74) is 1.07. The Morgan fingerprint density at radius 2 is 1.70 bits per heavy atom. The van der Waals surface area contributed by atoms with Crippen LogP contribution in [0.3, 0.4) is 0 Å². The van der Waals surface area contributed by atoms with E-state index >= 15 is 0 Å². The van der Waals surface area contributed by atoms with E-state index in [9.17, 15) is 14.4 Å². The van der Waals surface area contributed by atoms with Gasteiger partial charge in [-0.25, -0.2) is 0 Å². The largest absolute Gasteiger partial charge is 0.356 e. The lowest BCUT2D eigenvalue weighted by Gasteiger charge is -2.07. The van der Waals surface area contributed by atoms with E-state index < -0.39 is 0 Å². The molecule has 0 radical (unpaired) electrons. The molecule has 0 unspecified atom stereocenters. The minimum absolute atomic E-state index is 0.0839. The molecular weight excluding hydrogens is 258 g/mol. The molecule has 0 saturated heterocycles. The Kier molecular flexibility index (Phi) is 6.22. The van der Waals surface area contributed by atoms with Gasteiger partial charge in [0.25, 0.3) is 5.91 Å². The Hall–Kier alpha value is -2.37. The predicted molar refractivity (Wildman–Crippen MR) is 76.4 cm³/mol. The molecule has 0 saturated carbocycles. The fourth-order valence-electron chi connectivity index (χ4n) is 1.60. The van der Waals surface area contributed by atoms with Crippen LogP contribution in [0.4, 0.5) is 5.69 Å². The van der Waals surface area contributed by atoms with Gasteiger partial charge in [-0.1, -0.05) is 6.07 Å². The Bertz CT molecular complexity index is 500. The maximum absolute atomic E-state index is 11.9. The summed E-state index contributed by atoms with van der Waals surface area (Å²) in [4.78, 5) is 33.5. The zero-order chi connectivity index (χ0) is 15.0. The minimum Gasteiger partial charge on any atom is -0.356 e. The van der Waals surface area contributed by atoms with Gasteiger partial charge in [0.15, 0.2) is 0 Å². The molecule has 0 spiro atoms. The summed E-state index contributed by atoms with van der Waals surface area (Å²) in [6.07, 6.45) is 0.663. The molecule has 0 fully saturated rings. The first-order valence-electron chi connectivity index (χ1n) is 6.39. The van der Waals surface area contributed by atoms with Gasteiger partial charge in [0, 0.05) is 38.2 Å². The van der Waals surface area contributed by atoms with Crippen LogP contribution in [0, 0.1) is 0 Å². The zero-order valence-corrected chi connectivity index (χ0v) is 11.7. The molecular formula is C14H19N3O3. The van der Waals surface area contributed by atoms with Gasteiger partial charge < -0.3 is 16.0 Å². The average Bonchev–Trinajstić information content (AvgIpc) is 2.37. The predicted octanol–water partition coefficient (Wildman–Crippen LogP) is 0.901. The molecule has 0 heterocycles. The molecule has 20 heavy (non-hydrogen) atoms. The molecule has 1 aromatic rings. The summed E-state index contributed by atoms with van der Waals surface area (Å²) in [5.74, 6) is -0.475. The molecule has 3 N–H and O–H groups in total. The molecule has 108 valence electrons. The lowest BCUT2D eigenvalue weighted by molar-refractivity contribution is -0.119. The van der Waals surface area contributed by atoms with Crippen LogP contribution >= 0.6 is 0 Å². The molecule has 1 rings (SSSR count). The Labute approximate surface area is 117 Å². The molecule has 0 aliphatic heterocycles. The van der Waals surface area contributed by atoms with Crippen molar-refractivity contribution >= 4 is 23.4 Å². The quantitative estimate of drug-likeness (QED) is 0.675. The summed E-state index contributed by atoms with van der Waals surface area (Å²) in [6.45, 7) is 3.87. The number of amides is 3. The van der Waals surface area contributed by atoms with Crippen molar-refractivity contribution in [1.82, 2.24) is 10.6 Å². The highest BCUT2D eigenvalue weighted by atomic mass is 16.2. The van der Waals surface area contributed by atoms with Gasteiger partial charge in [-0.3, -0.25) is 14.4 Å². The van der Waals surface area contributed by atoms with E-state index in [0.29, 0.717) is 30.8 Å². The first-order chi connectivity index (χ1) is 9.49. The van der Waals surface area contributed by atoms with E-state index in [4.69, 9.17) is 0 Å². The van der Waals surface area contributed by atoms with Crippen molar-refractivity contribution in [3.63, 3.8) is 0 Å². The number of benzene rings is 1. The molecule has 0 bridgehead atoms. The summed E-state index contributed by atoms with van der Waals surface area (Å²) in [5, 5.41) is 8.02. The third-order valence-corrected chi connectivity index (χ3v) is 2.46. The summed E-state index contributed by atoms with van der Waals surface area (Å²) in [7, 11) is 0. The maximum atomic E-state index is 11.9. The van der Waals surface area contributed by atoms with Crippen molar-refractivity contribution in [2.24, 2.45) is 0 Å². The standard InChI is InChI=1S/C14H19N3O3/c1-10(18)15-7-4-8-16-14(20)12-5-3-6-13(9-12)17-11(2)19/h3,5-6,9H,4,7-8H2,1-2H3,(H,15,18)(H,16,20)(H,17,19). The van der Waals surface area contributed by atoms with Gasteiger partial charge in [-0.05, 0) is 24.6 Å². The van der Waals surface area contributed by atoms with Crippen LogP contribution < -0.4 is 16.0 Å². The van der Waals surface area contributed by atoms with Crippen molar-refractivity contribution in [3.05, 3.63) is 29.8 Å². The van der Waals surface area contributed by atoms with Crippen molar-refractivity contribution in [2.45, 2.75) is 20.3 Å². The number of anilines is 1. The lowest BCUT2D eigenvalue weighted by Crippen LogP contribution is -2.28. The summed E-state index contributed by atoms with van der Waals surface area (Å²) >= 11 is 0. The maximum Gasteiger partial charge on any atom is 0.251 e. The number of rotatable bonds is 6. The Morgan fingerprint density at radius 3 is 2.35 bits per heavy atom. The second-order valence-corrected chi connectivity index (χ2v) is 4.35. The van der Waals surface area contributed by atoms with Crippen molar-refractivity contribution in [1.29, 1.82) is 0 Å². The molecule has 1 aromatic carbocycles. The van der Waals surface area contributed by atoms with Gasteiger partial charge in [-0.15, -0.1) is 0 Å². The number of carbonyl (C=O) groups excluding carboxylic acids is 3. The lowest BCUT2D eigenvalue weighted by atomic mass is 10.2. The number of hydrogen-bond donors (Lipinski definition) is 3. The molecule has 6 nitrogen and oxygen atoms in total. The molecule has 0 aliphatic carbocycles. The third kappa shape index (κ3) is 5.99. The first kappa shape index (κ1) is 15.7. The van der Waals surface area contributed by atoms with Crippen molar-refractivity contribution in [2.75, 3.05) is 18.4 Å². The van der Waals surface area contributed by atoms with Crippen LogP contribution in [0.25, 0.3) is 0 Å². The summed E-state index contributed by atoms with van der Waals surface area (Å²) < 4.78 is 0. The van der Waals surface area contributed by atoms with Gasteiger partial charge in [-0.2, -0.15) is 0 Å². The average molecular weight is 277 g/mol. The van der Waals surface area contributed by atoms with Crippen molar-refractivity contribution in [3.8, 4) is 0 Å². The molecule has 0 aliphatic rings.